The standard InChI is InChI=1S/C16H7N5S2/c17-7-9-1-3-13-11(5-9)19-15(22-13)21-16-20-12-6-10(8-18)2-4-14(12)23-16/h1-6H,(H,19,20,21). The van der Waals surface area contributed by atoms with Crippen LogP contribution in [0.4, 0.5) is 10.3 Å². The topological polar surface area (TPSA) is 85.4 Å². The van der Waals surface area contributed by atoms with Gasteiger partial charge in [-0.15, -0.1) is 0 Å². The minimum absolute atomic E-state index is 0.596. The third-order valence-corrected chi connectivity index (χ3v) is 5.15. The molecule has 0 radical (unpaired) electrons. The number of benzene rings is 2. The molecule has 0 fully saturated rings. The molecule has 4 rings (SSSR count). The minimum atomic E-state index is 0.596. The van der Waals surface area contributed by atoms with Gasteiger partial charge >= 0.3 is 0 Å². The van der Waals surface area contributed by atoms with Gasteiger partial charge in [-0.1, -0.05) is 22.7 Å². The maximum atomic E-state index is 8.94. The highest BCUT2D eigenvalue weighted by Gasteiger charge is 2.09. The first-order chi connectivity index (χ1) is 11.2. The van der Waals surface area contributed by atoms with Crippen LogP contribution in [0.3, 0.4) is 0 Å². The van der Waals surface area contributed by atoms with Gasteiger partial charge in [-0.05, 0) is 36.4 Å². The van der Waals surface area contributed by atoms with E-state index in [1.807, 2.05) is 12.1 Å². The fourth-order valence-electron chi connectivity index (χ4n) is 2.19. The summed E-state index contributed by atoms with van der Waals surface area (Å²) in [6.45, 7) is 0. The molecule has 0 aliphatic carbocycles. The van der Waals surface area contributed by atoms with Crippen LogP contribution in [0.1, 0.15) is 11.1 Å². The van der Waals surface area contributed by atoms with Gasteiger partial charge in [0.1, 0.15) is 0 Å². The number of aromatic nitrogens is 2. The van der Waals surface area contributed by atoms with Gasteiger partial charge in [0.2, 0.25) is 0 Å². The van der Waals surface area contributed by atoms with E-state index in [-0.39, 0.29) is 0 Å². The maximum Gasteiger partial charge on any atom is 0.190 e. The first-order valence-corrected chi connectivity index (χ1v) is 8.27. The smallest absolute Gasteiger partial charge is 0.190 e. The van der Waals surface area contributed by atoms with Crippen LogP contribution in [-0.2, 0) is 0 Å². The Morgan fingerprint density at radius 3 is 1.70 bits per heavy atom. The maximum absolute atomic E-state index is 8.94. The summed E-state index contributed by atoms with van der Waals surface area (Å²) in [6.07, 6.45) is 0. The molecule has 0 aliphatic heterocycles. The zero-order chi connectivity index (χ0) is 15.8. The van der Waals surface area contributed by atoms with Crippen molar-refractivity contribution < 1.29 is 0 Å². The molecule has 5 nitrogen and oxygen atoms in total. The summed E-state index contributed by atoms with van der Waals surface area (Å²) < 4.78 is 2.03. The second kappa shape index (κ2) is 5.33. The molecule has 2 aromatic carbocycles. The largest absolute Gasteiger partial charge is 0.307 e. The molecule has 0 spiro atoms. The van der Waals surface area contributed by atoms with Crippen molar-refractivity contribution in [3.05, 3.63) is 47.5 Å². The molecule has 0 atom stereocenters. The molecule has 7 heteroatoms. The lowest BCUT2D eigenvalue weighted by Gasteiger charge is -1.93. The fraction of sp³-hybridized carbons (Fsp3) is 0. The van der Waals surface area contributed by atoms with Crippen LogP contribution in [0.25, 0.3) is 20.4 Å². The SMILES string of the molecule is N#Cc1ccc2sc(Nc3nc4cc(C#N)ccc4s3)nc2c1. The van der Waals surface area contributed by atoms with E-state index in [0.717, 1.165) is 30.7 Å². The molecule has 108 valence electrons. The van der Waals surface area contributed by atoms with E-state index in [1.165, 1.54) is 22.7 Å². The number of nitrogens with zero attached hydrogens (tertiary/aromatic N) is 4. The van der Waals surface area contributed by atoms with Gasteiger partial charge < -0.3 is 5.32 Å². The zero-order valence-electron chi connectivity index (χ0n) is 11.6. The van der Waals surface area contributed by atoms with E-state index in [1.54, 1.807) is 24.3 Å². The Bertz CT molecular complexity index is 1040. The third-order valence-electron chi connectivity index (χ3n) is 3.25. The lowest BCUT2D eigenvalue weighted by molar-refractivity contribution is 1.39. The second-order valence-corrected chi connectivity index (χ2v) is 6.81. The Kier molecular flexibility index (Phi) is 3.16. The van der Waals surface area contributed by atoms with Gasteiger partial charge in [-0.25, -0.2) is 9.97 Å². The van der Waals surface area contributed by atoms with Crippen molar-refractivity contribution in [2.75, 3.05) is 5.32 Å². The summed E-state index contributed by atoms with van der Waals surface area (Å²) in [5.74, 6) is 0. The van der Waals surface area contributed by atoms with Crippen molar-refractivity contribution in [1.29, 1.82) is 10.5 Å². The van der Waals surface area contributed by atoms with E-state index in [4.69, 9.17) is 10.5 Å². The molecule has 2 heterocycles. The Labute approximate surface area is 139 Å². The molecule has 0 bridgehead atoms. The monoisotopic (exact) mass is 333 g/mol. The molecule has 1 N–H and O–H groups in total. The van der Waals surface area contributed by atoms with Crippen LogP contribution in [0, 0.1) is 22.7 Å². The van der Waals surface area contributed by atoms with Gasteiger partial charge in [0, 0.05) is 0 Å². The van der Waals surface area contributed by atoms with Gasteiger partial charge in [-0.3, -0.25) is 0 Å². The van der Waals surface area contributed by atoms with Crippen molar-refractivity contribution in [3.63, 3.8) is 0 Å². The Morgan fingerprint density at radius 2 is 1.26 bits per heavy atom. The lowest BCUT2D eigenvalue weighted by atomic mass is 10.2. The Balaban J connectivity index is 1.70. The van der Waals surface area contributed by atoms with Gasteiger partial charge in [0.05, 0.1) is 43.7 Å². The predicted octanol–water partition coefficient (Wildman–Crippen LogP) is 4.39. The molecule has 0 saturated carbocycles. The van der Waals surface area contributed by atoms with E-state index >= 15 is 0 Å². The summed E-state index contributed by atoms with van der Waals surface area (Å²) in [6, 6.07) is 15.1. The number of fused-ring (bicyclic) bond motifs is 2. The number of rotatable bonds is 2. The molecule has 0 unspecified atom stereocenters. The number of hydrogen-bond acceptors (Lipinski definition) is 7. The summed E-state index contributed by atoms with van der Waals surface area (Å²) >= 11 is 3.02. The zero-order valence-corrected chi connectivity index (χ0v) is 13.2. The number of thiazole rings is 2. The molecule has 23 heavy (non-hydrogen) atoms. The van der Waals surface area contributed by atoms with Crippen molar-refractivity contribution in [1.82, 2.24) is 9.97 Å². The highest BCUT2D eigenvalue weighted by Crippen LogP contribution is 2.32. The van der Waals surface area contributed by atoms with Gasteiger partial charge in [0.15, 0.2) is 10.3 Å². The second-order valence-electron chi connectivity index (χ2n) is 4.75. The molecule has 0 amide bonds. The highest BCUT2D eigenvalue weighted by molar-refractivity contribution is 7.24. The molecular formula is C16H7N5S2. The van der Waals surface area contributed by atoms with Crippen LogP contribution in [0.2, 0.25) is 0 Å². The van der Waals surface area contributed by atoms with Crippen LogP contribution in [-0.4, -0.2) is 9.97 Å². The van der Waals surface area contributed by atoms with Crippen LogP contribution in [0.15, 0.2) is 36.4 Å². The summed E-state index contributed by atoms with van der Waals surface area (Å²) in [7, 11) is 0. The number of anilines is 2. The van der Waals surface area contributed by atoms with E-state index in [0.29, 0.717) is 11.1 Å². The number of hydrogen-bond donors (Lipinski definition) is 1. The minimum Gasteiger partial charge on any atom is -0.307 e. The van der Waals surface area contributed by atoms with Crippen molar-refractivity contribution in [3.8, 4) is 12.1 Å². The molecule has 0 saturated heterocycles. The first-order valence-electron chi connectivity index (χ1n) is 6.63. The molecule has 4 aromatic rings. The normalized spacial score (nSPS) is 10.5. The predicted molar refractivity (Wildman–Crippen MR) is 92.0 cm³/mol. The van der Waals surface area contributed by atoms with E-state index < -0.39 is 0 Å². The highest BCUT2D eigenvalue weighted by atomic mass is 32.1. The average Bonchev–Trinajstić information content (AvgIpc) is 3.15. The molecular weight excluding hydrogens is 326 g/mol. The van der Waals surface area contributed by atoms with Crippen LogP contribution < -0.4 is 5.32 Å². The summed E-state index contributed by atoms with van der Waals surface area (Å²) in [5.41, 5.74) is 2.78. The quantitative estimate of drug-likeness (QED) is 0.588. The van der Waals surface area contributed by atoms with Crippen LogP contribution in [0.5, 0.6) is 0 Å². The Morgan fingerprint density at radius 1 is 0.783 bits per heavy atom. The molecule has 0 aliphatic rings. The first kappa shape index (κ1) is 13.6. The van der Waals surface area contributed by atoms with Gasteiger partial charge in [0.25, 0.3) is 0 Å². The van der Waals surface area contributed by atoms with Gasteiger partial charge in [-0.2, -0.15) is 10.5 Å². The molecule has 2 aromatic heterocycles. The lowest BCUT2D eigenvalue weighted by Crippen LogP contribution is -1.87. The fourth-order valence-corrected chi connectivity index (χ4v) is 3.95. The van der Waals surface area contributed by atoms with Crippen LogP contribution >= 0.6 is 22.7 Å². The van der Waals surface area contributed by atoms with Crippen molar-refractivity contribution >= 4 is 53.4 Å². The number of nitriles is 2. The number of nitrogens with one attached hydrogen (secondary N) is 1. The average molecular weight is 333 g/mol. The summed E-state index contributed by atoms with van der Waals surface area (Å²) in [5, 5.41) is 22.6. The van der Waals surface area contributed by atoms with Crippen molar-refractivity contribution in [2.45, 2.75) is 0 Å². The van der Waals surface area contributed by atoms with E-state index in [2.05, 4.69) is 27.4 Å². The van der Waals surface area contributed by atoms with Crippen molar-refractivity contribution in [2.24, 2.45) is 0 Å². The Hall–Kier alpha value is -3.00. The third kappa shape index (κ3) is 2.49. The van der Waals surface area contributed by atoms with E-state index in [9.17, 15) is 0 Å². The summed E-state index contributed by atoms with van der Waals surface area (Å²) in [4.78, 5) is 8.98.